The Morgan fingerprint density at radius 3 is 2.45 bits per heavy atom. The van der Waals surface area contributed by atoms with Gasteiger partial charge in [-0.05, 0) is 58.4 Å². The monoisotopic (exact) mass is 552 g/mol. The summed E-state index contributed by atoms with van der Waals surface area (Å²) in [6.45, 7) is 9.12. The molecule has 2 aromatic rings. The van der Waals surface area contributed by atoms with Gasteiger partial charge in [0.15, 0.2) is 5.69 Å². The number of hydrogen-bond donors (Lipinski definition) is 2. The van der Waals surface area contributed by atoms with Gasteiger partial charge >= 0.3 is 0 Å². The molecule has 2 bridgehead atoms. The molecule has 40 heavy (non-hydrogen) atoms. The maximum Gasteiger partial charge on any atom is 0.272 e. The molecule has 4 aliphatic heterocycles. The van der Waals surface area contributed by atoms with Gasteiger partial charge in [0.05, 0.1) is 11.6 Å². The van der Waals surface area contributed by atoms with E-state index in [1.54, 1.807) is 0 Å². The minimum absolute atomic E-state index is 0.0920. The average molecular weight is 553 g/mol. The normalized spacial score (nSPS) is 28.4. The van der Waals surface area contributed by atoms with Gasteiger partial charge in [-0.25, -0.2) is 0 Å². The molecule has 6 rings (SSSR count). The quantitative estimate of drug-likeness (QED) is 0.517. The van der Waals surface area contributed by atoms with Gasteiger partial charge in [-0.15, -0.1) is 0 Å². The van der Waals surface area contributed by atoms with E-state index in [0.717, 1.165) is 62.5 Å². The summed E-state index contributed by atoms with van der Waals surface area (Å²) in [4.78, 5) is 32.6. The Hall–Kier alpha value is -2.53. The number of piperidine rings is 1. The molecule has 218 valence electrons. The number of β-amino-alcohol motifs (C(OH)–C–C–N with tert-alkyl or cyclic N) is 1. The lowest BCUT2D eigenvalue weighted by molar-refractivity contribution is -0.142. The highest BCUT2D eigenvalue weighted by molar-refractivity contribution is 6.05. The van der Waals surface area contributed by atoms with Crippen molar-refractivity contribution in [2.24, 2.45) is 0 Å². The maximum atomic E-state index is 13.3. The average Bonchev–Trinajstić information content (AvgIpc) is 3.66. The minimum Gasteiger partial charge on any atom is -0.390 e. The number of aromatic nitrogens is 2. The van der Waals surface area contributed by atoms with Crippen molar-refractivity contribution in [3.63, 3.8) is 0 Å². The van der Waals surface area contributed by atoms with Gasteiger partial charge in [0.1, 0.15) is 6.10 Å². The summed E-state index contributed by atoms with van der Waals surface area (Å²) < 4.78 is 7.50. The van der Waals surface area contributed by atoms with E-state index in [9.17, 15) is 14.7 Å². The molecule has 4 fully saturated rings. The lowest BCUT2D eigenvalue weighted by atomic mass is 9.96. The zero-order valence-electron chi connectivity index (χ0n) is 23.9. The molecule has 1 aromatic heterocycles. The van der Waals surface area contributed by atoms with E-state index >= 15 is 0 Å². The highest BCUT2D eigenvalue weighted by Crippen LogP contribution is 2.36. The second kappa shape index (κ2) is 11.8. The van der Waals surface area contributed by atoms with Crippen LogP contribution in [-0.4, -0.2) is 118 Å². The largest absolute Gasteiger partial charge is 0.390 e. The number of para-hydroxylation sites is 1. The minimum atomic E-state index is -0.430. The number of carbonyl (C=O) groups is 2. The SMILES string of the molecule is CC(C)n1nc(C(=O)NC2C[C@H]3CC[C@@H](C2)N3CC(O)CN2CCN(C(=O)C3CCCO3)CC2)c2ccccc21. The molecule has 4 aliphatic rings. The summed E-state index contributed by atoms with van der Waals surface area (Å²) in [7, 11) is 0. The number of ether oxygens (including phenoxy) is 1. The molecule has 0 spiro atoms. The number of rotatable bonds is 8. The zero-order valence-corrected chi connectivity index (χ0v) is 23.9. The number of hydrogen-bond acceptors (Lipinski definition) is 7. The van der Waals surface area contributed by atoms with Crippen molar-refractivity contribution < 1.29 is 19.4 Å². The van der Waals surface area contributed by atoms with E-state index in [-0.39, 0.29) is 30.0 Å². The summed E-state index contributed by atoms with van der Waals surface area (Å²) in [5, 5.41) is 19.9. The Kier molecular flexibility index (Phi) is 8.12. The Bertz CT molecular complexity index is 1190. The number of nitrogens with zero attached hydrogens (tertiary/aromatic N) is 5. The lowest BCUT2D eigenvalue weighted by Crippen LogP contribution is -2.55. The summed E-state index contributed by atoms with van der Waals surface area (Å²) in [6.07, 6.45) is 5.15. The predicted molar refractivity (Wildman–Crippen MR) is 152 cm³/mol. The van der Waals surface area contributed by atoms with Crippen LogP contribution in [0.15, 0.2) is 24.3 Å². The zero-order chi connectivity index (χ0) is 27.8. The number of aliphatic hydroxyl groups is 1. The fourth-order valence-corrected chi connectivity index (χ4v) is 7.32. The third-order valence-corrected chi connectivity index (χ3v) is 9.32. The number of piperazine rings is 1. The van der Waals surface area contributed by atoms with E-state index in [1.807, 2.05) is 33.8 Å². The van der Waals surface area contributed by atoms with Crippen LogP contribution in [0.3, 0.4) is 0 Å². The summed E-state index contributed by atoms with van der Waals surface area (Å²) in [5.41, 5.74) is 1.49. The second-order valence-corrected chi connectivity index (χ2v) is 12.4. The van der Waals surface area contributed by atoms with Gasteiger partial charge < -0.3 is 20.1 Å². The van der Waals surface area contributed by atoms with E-state index < -0.39 is 6.10 Å². The third-order valence-electron chi connectivity index (χ3n) is 9.32. The van der Waals surface area contributed by atoms with Crippen LogP contribution in [-0.2, 0) is 9.53 Å². The van der Waals surface area contributed by atoms with Gasteiger partial charge in [0.25, 0.3) is 11.8 Å². The Balaban J connectivity index is 0.991. The van der Waals surface area contributed by atoms with E-state index in [2.05, 4.69) is 34.1 Å². The number of fused-ring (bicyclic) bond motifs is 3. The topological polar surface area (TPSA) is 103 Å². The highest BCUT2D eigenvalue weighted by Gasteiger charge is 2.42. The predicted octanol–water partition coefficient (Wildman–Crippen LogP) is 2.03. The van der Waals surface area contributed by atoms with Gasteiger partial charge in [0, 0.05) is 75.4 Å². The van der Waals surface area contributed by atoms with Crippen LogP contribution in [0, 0.1) is 0 Å². The first-order chi connectivity index (χ1) is 19.4. The van der Waals surface area contributed by atoms with E-state index in [4.69, 9.17) is 4.74 Å². The molecule has 5 atom stereocenters. The third kappa shape index (κ3) is 5.64. The van der Waals surface area contributed by atoms with Crippen molar-refractivity contribution in [1.29, 1.82) is 0 Å². The highest BCUT2D eigenvalue weighted by atomic mass is 16.5. The summed E-state index contributed by atoms with van der Waals surface area (Å²) >= 11 is 0. The van der Waals surface area contributed by atoms with Gasteiger partial charge in [-0.1, -0.05) is 18.2 Å². The van der Waals surface area contributed by atoms with Gasteiger partial charge in [0.2, 0.25) is 0 Å². The van der Waals surface area contributed by atoms with Gasteiger partial charge in [-0.3, -0.25) is 24.1 Å². The molecule has 2 amide bonds. The second-order valence-electron chi connectivity index (χ2n) is 12.4. The van der Waals surface area contributed by atoms with E-state index in [0.29, 0.717) is 50.6 Å². The van der Waals surface area contributed by atoms with Crippen LogP contribution >= 0.6 is 0 Å². The first kappa shape index (κ1) is 27.6. The number of amides is 2. The molecule has 4 saturated heterocycles. The van der Waals surface area contributed by atoms with Crippen molar-refractivity contribution in [2.75, 3.05) is 45.9 Å². The molecule has 0 aliphatic carbocycles. The van der Waals surface area contributed by atoms with Crippen LogP contribution in [0.25, 0.3) is 10.9 Å². The maximum absolute atomic E-state index is 13.3. The lowest BCUT2D eigenvalue weighted by Gasteiger charge is -2.41. The van der Waals surface area contributed by atoms with Crippen molar-refractivity contribution in [1.82, 2.24) is 29.8 Å². The smallest absolute Gasteiger partial charge is 0.272 e. The number of nitrogens with one attached hydrogen (secondary N) is 1. The molecule has 5 heterocycles. The number of aliphatic hydroxyl groups excluding tert-OH is 1. The summed E-state index contributed by atoms with van der Waals surface area (Å²) in [6, 6.07) is 9.00. The Labute approximate surface area is 236 Å². The van der Waals surface area contributed by atoms with Crippen LogP contribution < -0.4 is 5.32 Å². The first-order valence-electron chi connectivity index (χ1n) is 15.2. The number of benzene rings is 1. The first-order valence-corrected chi connectivity index (χ1v) is 15.2. The van der Waals surface area contributed by atoms with Crippen molar-refractivity contribution in [3.8, 4) is 0 Å². The van der Waals surface area contributed by atoms with Crippen LogP contribution in [0.1, 0.15) is 68.9 Å². The Morgan fingerprint density at radius 2 is 1.77 bits per heavy atom. The van der Waals surface area contributed by atoms with Crippen LogP contribution in [0.5, 0.6) is 0 Å². The molecule has 10 heteroatoms. The van der Waals surface area contributed by atoms with Crippen molar-refractivity contribution in [2.45, 2.75) is 88.7 Å². The fraction of sp³-hybridized carbons (Fsp3) is 0.700. The van der Waals surface area contributed by atoms with Crippen molar-refractivity contribution in [3.05, 3.63) is 30.0 Å². The molecule has 0 radical (unpaired) electrons. The molecule has 3 unspecified atom stereocenters. The van der Waals surface area contributed by atoms with Crippen LogP contribution in [0.4, 0.5) is 0 Å². The Morgan fingerprint density at radius 1 is 1.05 bits per heavy atom. The molecule has 0 saturated carbocycles. The molecular formula is C30H44N6O4. The number of carbonyl (C=O) groups excluding carboxylic acids is 2. The molecule has 2 N–H and O–H groups in total. The van der Waals surface area contributed by atoms with Crippen LogP contribution in [0.2, 0.25) is 0 Å². The van der Waals surface area contributed by atoms with Gasteiger partial charge in [-0.2, -0.15) is 5.10 Å². The summed E-state index contributed by atoms with van der Waals surface area (Å²) in [5.74, 6) is 0.0382. The molecule has 10 nitrogen and oxygen atoms in total. The van der Waals surface area contributed by atoms with E-state index in [1.165, 1.54) is 0 Å². The standard InChI is InChI=1S/C30H44N6O4/c1-20(2)36-26-7-4-3-6-25(26)28(32-36)29(38)31-21-16-22-9-10-23(17-21)35(22)19-24(37)18-33-11-13-34(14-12-33)30(39)27-8-5-15-40-27/h3-4,6-7,20-24,27,37H,5,8-19H2,1-2H3,(H,31,38)/t21?,22-,23+,24?,27?. The van der Waals surface area contributed by atoms with Crippen molar-refractivity contribution >= 4 is 22.7 Å². The molecular weight excluding hydrogens is 508 g/mol. The molecule has 1 aromatic carbocycles. The fourth-order valence-electron chi connectivity index (χ4n) is 7.32.